The van der Waals surface area contributed by atoms with Crippen LogP contribution in [-0.4, -0.2) is 0 Å². The van der Waals surface area contributed by atoms with Gasteiger partial charge in [0.05, 0.1) is 0 Å². The molecule has 1 aromatic rings. The summed E-state index contributed by atoms with van der Waals surface area (Å²) in [6.07, 6.45) is -0.0805. The van der Waals surface area contributed by atoms with Crippen LogP contribution < -0.4 is 0 Å². The molecule has 0 heterocycles. The van der Waals surface area contributed by atoms with Crippen LogP contribution in [0.4, 0.5) is 8.78 Å². The third-order valence-electron chi connectivity index (χ3n) is 2.60. The molecule has 0 nitrogen and oxygen atoms in total. The van der Waals surface area contributed by atoms with Crippen molar-refractivity contribution >= 4 is 0 Å². The van der Waals surface area contributed by atoms with Crippen molar-refractivity contribution < 1.29 is 8.78 Å². The molecule has 0 spiro atoms. The van der Waals surface area contributed by atoms with E-state index in [1.807, 2.05) is 6.07 Å². The van der Waals surface area contributed by atoms with Gasteiger partial charge in [0, 0.05) is 12.0 Å². The molecule has 1 aliphatic carbocycles. The van der Waals surface area contributed by atoms with E-state index in [-0.39, 0.29) is 12.0 Å². The predicted molar refractivity (Wildman–Crippen MR) is 48.1 cm³/mol. The fraction of sp³-hybridized carbons (Fsp3) is 0.455. The van der Waals surface area contributed by atoms with Crippen molar-refractivity contribution in [1.29, 1.82) is 0 Å². The Morgan fingerprint density at radius 2 is 2.00 bits per heavy atom. The molecule has 0 aromatic heterocycles. The number of hydrogen-bond acceptors (Lipinski definition) is 0. The quantitative estimate of drug-likeness (QED) is 0.624. The number of halogens is 2. The molecule has 0 saturated carbocycles. The largest absolute Gasteiger partial charge is 0.277 e. The third kappa shape index (κ3) is 1.25. The van der Waals surface area contributed by atoms with Gasteiger partial charge in [-0.15, -0.1) is 0 Å². The molecule has 0 radical (unpaired) electrons. The summed E-state index contributed by atoms with van der Waals surface area (Å²) in [6, 6.07) is 5.27. The van der Waals surface area contributed by atoms with Crippen LogP contribution in [-0.2, 0) is 12.3 Å². The van der Waals surface area contributed by atoms with Crippen molar-refractivity contribution in [2.24, 2.45) is 0 Å². The monoisotopic (exact) mass is 182 g/mol. The molecule has 13 heavy (non-hydrogen) atoms. The van der Waals surface area contributed by atoms with Gasteiger partial charge in [0.25, 0.3) is 5.92 Å². The van der Waals surface area contributed by atoms with E-state index >= 15 is 0 Å². The zero-order valence-electron chi connectivity index (χ0n) is 7.77. The Labute approximate surface area is 76.6 Å². The topological polar surface area (TPSA) is 0 Å². The Bertz CT molecular complexity index is 340. The molecular formula is C11H12F2. The Hall–Kier alpha value is -0.920. The second-order valence-electron chi connectivity index (χ2n) is 3.95. The minimum absolute atomic E-state index is 0.0805. The highest BCUT2D eigenvalue weighted by atomic mass is 19.3. The standard InChI is InChI=1S/C11H12F2/c1-7(2)8-3-4-10-9(5-8)6-11(10,12)13/h3-5,7H,6H2,1-2H3. The van der Waals surface area contributed by atoms with Gasteiger partial charge in [-0.05, 0) is 17.0 Å². The lowest BCUT2D eigenvalue weighted by Gasteiger charge is -2.30. The molecule has 0 amide bonds. The lowest BCUT2D eigenvalue weighted by Crippen LogP contribution is -2.29. The highest BCUT2D eigenvalue weighted by Gasteiger charge is 2.43. The smallest absolute Gasteiger partial charge is 0.201 e. The van der Waals surface area contributed by atoms with Gasteiger partial charge in [-0.25, -0.2) is 8.78 Å². The lowest BCUT2D eigenvalue weighted by molar-refractivity contribution is -0.0288. The first kappa shape index (κ1) is 8.67. The van der Waals surface area contributed by atoms with E-state index in [2.05, 4.69) is 13.8 Å². The molecule has 0 N–H and O–H groups in total. The van der Waals surface area contributed by atoms with Crippen LogP contribution in [0.3, 0.4) is 0 Å². The van der Waals surface area contributed by atoms with E-state index in [0.29, 0.717) is 5.92 Å². The Kier molecular flexibility index (Phi) is 1.69. The van der Waals surface area contributed by atoms with Crippen molar-refractivity contribution in [3.63, 3.8) is 0 Å². The number of fused-ring (bicyclic) bond motifs is 1. The average Bonchev–Trinajstić information content (AvgIpc) is 2.01. The predicted octanol–water partition coefficient (Wildman–Crippen LogP) is 3.46. The van der Waals surface area contributed by atoms with Gasteiger partial charge in [0.15, 0.2) is 0 Å². The SMILES string of the molecule is CC(C)c1ccc2c(c1)CC2(F)F. The van der Waals surface area contributed by atoms with Crippen molar-refractivity contribution in [3.05, 3.63) is 34.9 Å². The molecule has 2 heteroatoms. The minimum Gasteiger partial charge on any atom is -0.201 e. The van der Waals surface area contributed by atoms with E-state index in [0.717, 1.165) is 11.1 Å². The third-order valence-corrected chi connectivity index (χ3v) is 2.60. The van der Waals surface area contributed by atoms with E-state index < -0.39 is 5.92 Å². The molecule has 0 atom stereocenters. The maximum Gasteiger partial charge on any atom is 0.277 e. The molecule has 1 aromatic carbocycles. The first-order valence-electron chi connectivity index (χ1n) is 4.52. The van der Waals surface area contributed by atoms with Crippen molar-refractivity contribution in [2.75, 3.05) is 0 Å². The van der Waals surface area contributed by atoms with Crippen LogP contribution in [0.5, 0.6) is 0 Å². The zero-order chi connectivity index (χ0) is 9.64. The van der Waals surface area contributed by atoms with Gasteiger partial charge in [0.2, 0.25) is 0 Å². The van der Waals surface area contributed by atoms with Gasteiger partial charge in [-0.3, -0.25) is 0 Å². The number of rotatable bonds is 1. The normalized spacial score (nSPS) is 18.2. The summed E-state index contributed by atoms with van der Waals surface area (Å²) < 4.78 is 25.7. The zero-order valence-corrected chi connectivity index (χ0v) is 7.77. The van der Waals surface area contributed by atoms with E-state index in [9.17, 15) is 8.78 Å². The Morgan fingerprint density at radius 3 is 2.46 bits per heavy atom. The van der Waals surface area contributed by atoms with Crippen LogP contribution in [0.25, 0.3) is 0 Å². The summed E-state index contributed by atoms with van der Waals surface area (Å²) in [5, 5.41) is 0. The fourth-order valence-electron chi connectivity index (χ4n) is 1.70. The molecule has 70 valence electrons. The Morgan fingerprint density at radius 1 is 1.31 bits per heavy atom. The molecular weight excluding hydrogens is 170 g/mol. The second kappa shape index (κ2) is 2.53. The maximum atomic E-state index is 12.9. The van der Waals surface area contributed by atoms with Crippen LogP contribution in [0.15, 0.2) is 18.2 Å². The molecule has 0 unspecified atom stereocenters. The average molecular weight is 182 g/mol. The van der Waals surface area contributed by atoms with Crippen molar-refractivity contribution in [1.82, 2.24) is 0 Å². The highest BCUT2D eigenvalue weighted by molar-refractivity contribution is 5.43. The second-order valence-corrected chi connectivity index (χ2v) is 3.95. The molecule has 0 aliphatic heterocycles. The summed E-state index contributed by atoms with van der Waals surface area (Å²) in [4.78, 5) is 0. The molecule has 0 saturated heterocycles. The van der Waals surface area contributed by atoms with Crippen LogP contribution in [0.1, 0.15) is 36.5 Å². The van der Waals surface area contributed by atoms with Gasteiger partial charge >= 0.3 is 0 Å². The van der Waals surface area contributed by atoms with Crippen LogP contribution in [0.2, 0.25) is 0 Å². The van der Waals surface area contributed by atoms with E-state index in [1.165, 1.54) is 0 Å². The number of alkyl halides is 2. The number of benzene rings is 1. The van der Waals surface area contributed by atoms with Gasteiger partial charge in [0.1, 0.15) is 0 Å². The van der Waals surface area contributed by atoms with Gasteiger partial charge < -0.3 is 0 Å². The Balaban J connectivity index is 2.39. The van der Waals surface area contributed by atoms with E-state index in [4.69, 9.17) is 0 Å². The number of hydrogen-bond donors (Lipinski definition) is 0. The van der Waals surface area contributed by atoms with Gasteiger partial charge in [-0.1, -0.05) is 32.0 Å². The van der Waals surface area contributed by atoms with Crippen LogP contribution >= 0.6 is 0 Å². The van der Waals surface area contributed by atoms with Gasteiger partial charge in [-0.2, -0.15) is 0 Å². The summed E-state index contributed by atoms with van der Waals surface area (Å²) >= 11 is 0. The lowest BCUT2D eigenvalue weighted by atomic mass is 9.82. The maximum absolute atomic E-state index is 12.9. The first-order chi connectivity index (χ1) is 6.00. The first-order valence-corrected chi connectivity index (χ1v) is 4.52. The molecule has 2 rings (SSSR count). The molecule has 1 aliphatic rings. The van der Waals surface area contributed by atoms with E-state index in [1.54, 1.807) is 12.1 Å². The highest BCUT2D eigenvalue weighted by Crippen LogP contribution is 2.44. The summed E-state index contributed by atoms with van der Waals surface area (Å²) in [7, 11) is 0. The van der Waals surface area contributed by atoms with Crippen molar-refractivity contribution in [2.45, 2.75) is 32.1 Å². The minimum atomic E-state index is -2.56. The fourth-order valence-corrected chi connectivity index (χ4v) is 1.70. The van der Waals surface area contributed by atoms with Crippen LogP contribution in [0, 0.1) is 0 Å². The summed E-state index contributed by atoms with van der Waals surface area (Å²) in [5.74, 6) is -2.15. The summed E-state index contributed by atoms with van der Waals surface area (Å²) in [6.45, 7) is 4.14. The van der Waals surface area contributed by atoms with Crippen molar-refractivity contribution in [3.8, 4) is 0 Å². The molecule has 0 fully saturated rings. The molecule has 0 bridgehead atoms. The summed E-state index contributed by atoms with van der Waals surface area (Å²) in [5.41, 5.74) is 2.18.